The summed E-state index contributed by atoms with van der Waals surface area (Å²) in [7, 11) is -4.04. The van der Waals surface area contributed by atoms with Gasteiger partial charge in [-0.2, -0.15) is 39.5 Å². The standard InChI is InChI=1S/C43H52N8O6S.3C2HF3O2/c44-28-33-6-8-34(9-7-33)29-45-42(54)38-26-31-10-14-36(15-11-31)46-40(52)18-20-50-22-24-51(25-23-50)21-19-41(53)47-37-16-12-32(13-17-37)27-39(43(55)48-38)49-58(56,57)30-35-4-2-1-3-5-35;3*3-2(4,5)1(6)7/h1-17,38-39,49H,18-30,44H2,(H,45,54)(H,46,52)(H,47,53)(H,48,55);3*(H,6,7)/t38-,39+;;;/m0.../s1. The monoisotopic (exact) mass is 1150 g/mol. The van der Waals surface area contributed by atoms with Crippen LogP contribution in [0.2, 0.25) is 0 Å². The lowest BCUT2D eigenvalue weighted by Gasteiger charge is -2.34. The highest BCUT2D eigenvalue weighted by Gasteiger charge is 2.39. The molecule has 5 aliphatic rings. The molecule has 4 aromatic rings. The summed E-state index contributed by atoms with van der Waals surface area (Å²) in [6.45, 7) is 5.01. The molecule has 20 nitrogen and oxygen atoms in total. The van der Waals surface area contributed by atoms with E-state index in [1.165, 1.54) is 0 Å². The van der Waals surface area contributed by atoms with Gasteiger partial charge in [-0.25, -0.2) is 27.5 Å². The zero-order valence-electron chi connectivity index (χ0n) is 41.5. The zero-order valence-corrected chi connectivity index (χ0v) is 42.3. The third-order valence-electron chi connectivity index (χ3n) is 11.1. The number of carbonyl (C=O) groups excluding carboxylic acids is 4. The molecule has 10 N–H and O–H groups in total. The van der Waals surface area contributed by atoms with Crippen LogP contribution in [0.15, 0.2) is 103 Å². The fourth-order valence-corrected chi connectivity index (χ4v) is 8.29. The van der Waals surface area contributed by atoms with Gasteiger partial charge in [-0.15, -0.1) is 0 Å². The van der Waals surface area contributed by atoms with Gasteiger partial charge in [-0.1, -0.05) is 78.9 Å². The zero-order chi connectivity index (χ0) is 59.1. The lowest BCUT2D eigenvalue weighted by Crippen LogP contribution is -2.55. The van der Waals surface area contributed by atoms with E-state index in [1.54, 1.807) is 78.9 Å². The lowest BCUT2D eigenvalue weighted by atomic mass is 10.0. The molecular formula is C49H55F9N8O12S. The van der Waals surface area contributed by atoms with Crippen molar-refractivity contribution >= 4 is 62.9 Å². The predicted molar refractivity (Wildman–Crippen MR) is 265 cm³/mol. The van der Waals surface area contributed by atoms with Crippen LogP contribution in [0.5, 0.6) is 0 Å². The first-order chi connectivity index (χ1) is 36.8. The van der Waals surface area contributed by atoms with Gasteiger partial charge >= 0.3 is 36.4 Å². The summed E-state index contributed by atoms with van der Waals surface area (Å²) in [5.74, 6) is -10.0. The van der Waals surface area contributed by atoms with Crippen molar-refractivity contribution in [3.8, 4) is 0 Å². The molecule has 4 aromatic carbocycles. The van der Waals surface area contributed by atoms with Crippen molar-refractivity contribution in [2.75, 3.05) is 49.9 Å². The van der Waals surface area contributed by atoms with Gasteiger partial charge in [0.25, 0.3) is 0 Å². The summed E-state index contributed by atoms with van der Waals surface area (Å²) in [6, 6.07) is 27.8. The SMILES string of the molecule is NCc1ccc(CNC(=O)[C@@H]2Cc3ccc(cc3)NC(=O)CCN3CCN(CCC(=O)Nc4ccc(cc4)C[C@@H](NS(=O)(=O)Cc4ccccc4)C(=O)N2)CC3)cc1.O=C(O)C(F)(F)F.O=C(O)C(F)(F)F.O=C(O)C(F)(F)F. The van der Waals surface area contributed by atoms with Gasteiger partial charge in [0.15, 0.2) is 0 Å². The Labute approximate surface area is 445 Å². The Hall–Kier alpha value is -7.67. The second-order valence-electron chi connectivity index (χ2n) is 17.2. The molecule has 1 saturated heterocycles. The van der Waals surface area contributed by atoms with E-state index in [0.717, 1.165) is 37.3 Å². The van der Waals surface area contributed by atoms with Crippen LogP contribution in [-0.2, 0) is 75.3 Å². The Kier molecular flexibility index (Phi) is 25.3. The maximum absolute atomic E-state index is 14.2. The summed E-state index contributed by atoms with van der Waals surface area (Å²) in [4.78, 5) is 85.0. The summed E-state index contributed by atoms with van der Waals surface area (Å²) in [5, 5.41) is 33.0. The normalized spacial score (nSPS) is 18.5. The minimum atomic E-state index is -5.08. The molecule has 5 aliphatic heterocycles. The molecule has 0 saturated carbocycles. The number of aliphatic carboxylic acids is 3. The molecular weight excluding hydrogens is 1100 g/mol. The molecule has 4 amide bonds. The molecule has 2 atom stereocenters. The highest BCUT2D eigenvalue weighted by atomic mass is 32.2. The number of nitrogens with one attached hydrogen (secondary N) is 5. The number of rotatable bonds is 8. The Morgan fingerprint density at radius 2 is 0.962 bits per heavy atom. The highest BCUT2D eigenvalue weighted by molar-refractivity contribution is 7.88. The average Bonchev–Trinajstić information content (AvgIpc) is 3.38. The molecule has 6 bridgehead atoms. The van der Waals surface area contributed by atoms with E-state index in [1.807, 2.05) is 24.3 Å². The minimum Gasteiger partial charge on any atom is -0.475 e. The summed E-state index contributed by atoms with van der Waals surface area (Å²) < 4.78 is 125. The number of benzene rings is 4. The fraction of sp³-hybridized carbons (Fsp3) is 0.367. The summed E-state index contributed by atoms with van der Waals surface area (Å²) in [6.07, 6.45) is -14.6. The van der Waals surface area contributed by atoms with Crippen molar-refractivity contribution in [2.24, 2.45) is 5.73 Å². The van der Waals surface area contributed by atoms with Crippen LogP contribution < -0.4 is 31.7 Å². The number of sulfonamides is 1. The number of hydrogen-bond donors (Lipinski definition) is 9. The van der Waals surface area contributed by atoms with Crippen molar-refractivity contribution in [2.45, 2.75) is 75.1 Å². The van der Waals surface area contributed by atoms with Gasteiger partial charge in [0.05, 0.1) is 5.75 Å². The third-order valence-corrected chi connectivity index (χ3v) is 12.4. The Morgan fingerprint density at radius 3 is 1.35 bits per heavy atom. The van der Waals surface area contributed by atoms with Crippen LogP contribution in [0, 0.1) is 0 Å². The Morgan fingerprint density at radius 1 is 0.570 bits per heavy atom. The van der Waals surface area contributed by atoms with Crippen LogP contribution in [-0.4, -0.2) is 145 Å². The lowest BCUT2D eigenvalue weighted by molar-refractivity contribution is -0.193. The number of carboxylic acids is 3. The van der Waals surface area contributed by atoms with Crippen molar-refractivity contribution in [3.05, 3.63) is 131 Å². The number of anilines is 2. The van der Waals surface area contributed by atoms with Crippen LogP contribution in [0.1, 0.15) is 40.7 Å². The number of fused-ring (bicyclic) bond motifs is 3. The molecule has 432 valence electrons. The Balaban J connectivity index is 0.000000658. The van der Waals surface area contributed by atoms with Crippen molar-refractivity contribution in [1.29, 1.82) is 0 Å². The number of piperazine rings is 1. The third kappa shape index (κ3) is 25.6. The van der Waals surface area contributed by atoms with Crippen LogP contribution in [0.25, 0.3) is 0 Å². The molecule has 0 spiro atoms. The number of alkyl halides is 9. The second kappa shape index (κ2) is 30.5. The van der Waals surface area contributed by atoms with Crippen molar-refractivity contribution in [1.82, 2.24) is 25.2 Å². The van der Waals surface area contributed by atoms with Gasteiger partial charge in [0.2, 0.25) is 33.7 Å². The quantitative estimate of drug-likeness (QED) is 0.110. The number of hydrogen-bond acceptors (Lipinski definition) is 12. The fourth-order valence-electron chi connectivity index (χ4n) is 6.95. The van der Waals surface area contributed by atoms with E-state index in [9.17, 15) is 67.1 Å². The van der Waals surface area contributed by atoms with Crippen LogP contribution in [0.4, 0.5) is 50.9 Å². The first kappa shape index (κ1) is 65.6. The average molecular weight is 1150 g/mol. The number of amides is 4. The largest absolute Gasteiger partial charge is 0.490 e. The molecule has 0 radical (unpaired) electrons. The molecule has 30 heteroatoms. The molecule has 0 unspecified atom stereocenters. The first-order valence-corrected chi connectivity index (χ1v) is 25.0. The van der Waals surface area contributed by atoms with E-state index in [4.69, 9.17) is 35.4 Å². The van der Waals surface area contributed by atoms with Crippen molar-refractivity contribution in [3.63, 3.8) is 0 Å². The van der Waals surface area contributed by atoms with Gasteiger partial charge in [0.1, 0.15) is 12.1 Å². The van der Waals surface area contributed by atoms with E-state index in [0.29, 0.717) is 60.5 Å². The summed E-state index contributed by atoms with van der Waals surface area (Å²) in [5.41, 5.74) is 10.6. The molecule has 5 heterocycles. The van der Waals surface area contributed by atoms with E-state index < -0.39 is 70.4 Å². The van der Waals surface area contributed by atoms with Gasteiger partial charge in [-0.05, 0) is 58.5 Å². The van der Waals surface area contributed by atoms with Crippen LogP contribution >= 0.6 is 0 Å². The van der Waals surface area contributed by atoms with Gasteiger partial charge < -0.3 is 52.1 Å². The van der Waals surface area contributed by atoms with Crippen molar-refractivity contribution < 1.29 is 96.8 Å². The van der Waals surface area contributed by atoms with E-state index in [2.05, 4.69) is 35.8 Å². The number of carbonyl (C=O) groups is 7. The number of nitrogens with zero attached hydrogens (tertiary/aromatic N) is 2. The summed E-state index contributed by atoms with van der Waals surface area (Å²) >= 11 is 0. The molecule has 1 fully saturated rings. The molecule has 0 aromatic heterocycles. The number of carboxylic acid groups (broad SMARTS) is 3. The molecule has 9 rings (SSSR count). The number of nitrogens with two attached hydrogens (primary N) is 1. The topological polar surface area (TPSA) is 307 Å². The smallest absolute Gasteiger partial charge is 0.475 e. The first-order valence-electron chi connectivity index (χ1n) is 23.4. The molecule has 0 aliphatic carbocycles. The maximum atomic E-state index is 14.2. The van der Waals surface area contributed by atoms with Gasteiger partial charge in [0, 0.05) is 83.0 Å². The second-order valence-corrected chi connectivity index (χ2v) is 19.0. The van der Waals surface area contributed by atoms with Gasteiger partial charge in [-0.3, -0.25) is 19.2 Å². The van der Waals surface area contributed by atoms with E-state index >= 15 is 0 Å². The minimum absolute atomic E-state index is 0.0315. The highest BCUT2D eigenvalue weighted by Crippen LogP contribution is 2.18. The van der Waals surface area contributed by atoms with Crippen LogP contribution in [0.3, 0.4) is 0 Å². The predicted octanol–water partition coefficient (Wildman–Crippen LogP) is 4.41. The maximum Gasteiger partial charge on any atom is 0.490 e. The molecule has 79 heavy (non-hydrogen) atoms. The number of halogens is 9. The Bertz CT molecular complexity index is 2710. The van der Waals surface area contributed by atoms with E-state index in [-0.39, 0.29) is 37.0 Å².